The first-order chi connectivity index (χ1) is 13.3. The van der Waals surface area contributed by atoms with Crippen LogP contribution in [0.1, 0.15) is 28.9 Å². The van der Waals surface area contributed by atoms with Gasteiger partial charge < -0.3 is 5.11 Å². The van der Waals surface area contributed by atoms with Crippen molar-refractivity contribution >= 4 is 16.2 Å². The fourth-order valence-electron chi connectivity index (χ4n) is 3.36. The molecule has 1 N–H and O–H groups in total. The molecule has 1 aromatic carbocycles. The normalized spacial score (nSPS) is 18.3. The molecule has 3 rings (SSSR count). The molecule has 0 radical (unpaired) electrons. The highest BCUT2D eigenvalue weighted by Gasteiger charge is 2.30. The summed E-state index contributed by atoms with van der Waals surface area (Å²) in [5.41, 5.74) is 2.48. The van der Waals surface area contributed by atoms with Gasteiger partial charge in [0.05, 0.1) is 23.1 Å². The van der Waals surface area contributed by atoms with E-state index >= 15 is 0 Å². The Morgan fingerprint density at radius 2 is 1.96 bits per heavy atom. The molecule has 0 aliphatic carbocycles. The second-order valence-corrected chi connectivity index (χ2v) is 9.28. The summed E-state index contributed by atoms with van der Waals surface area (Å²) in [5.74, 6) is -0.789. The molecule has 1 aromatic heterocycles. The van der Waals surface area contributed by atoms with Gasteiger partial charge in [0.15, 0.2) is 0 Å². The van der Waals surface area contributed by atoms with Crippen LogP contribution in [0, 0.1) is 5.92 Å². The highest BCUT2D eigenvalue weighted by Crippen LogP contribution is 2.24. The molecule has 2 heterocycles. The largest absolute Gasteiger partial charge is 0.478 e. The standard InChI is InChI=1S/C19H24N4O4S/c1-22(2)28(26,27)23-9-3-4-14(13-23)10-17-11-20-12-18(21-17)15-5-7-16(8-6-15)19(24)25/h5-8,11-12,14H,3-4,9-10,13H2,1-2H3,(H,24,25). The zero-order chi connectivity index (χ0) is 20.3. The van der Waals surface area contributed by atoms with Crippen LogP contribution in [-0.4, -0.2) is 65.3 Å². The van der Waals surface area contributed by atoms with E-state index in [1.807, 2.05) is 0 Å². The Hall–Kier alpha value is -2.36. The fraction of sp³-hybridized carbons (Fsp3) is 0.421. The molecule has 1 aliphatic rings. The lowest BCUT2D eigenvalue weighted by atomic mass is 9.95. The van der Waals surface area contributed by atoms with E-state index in [9.17, 15) is 13.2 Å². The molecule has 1 fully saturated rings. The van der Waals surface area contributed by atoms with Gasteiger partial charge >= 0.3 is 5.97 Å². The van der Waals surface area contributed by atoms with Crippen LogP contribution in [0.2, 0.25) is 0 Å². The van der Waals surface area contributed by atoms with Crippen LogP contribution >= 0.6 is 0 Å². The number of rotatable bonds is 6. The van der Waals surface area contributed by atoms with Crippen LogP contribution < -0.4 is 0 Å². The molecule has 0 saturated carbocycles. The monoisotopic (exact) mass is 404 g/mol. The Bertz CT molecular complexity index is 945. The van der Waals surface area contributed by atoms with Gasteiger partial charge in [0.25, 0.3) is 10.2 Å². The molecule has 1 unspecified atom stereocenters. The van der Waals surface area contributed by atoms with Gasteiger partial charge in [0, 0.05) is 38.9 Å². The van der Waals surface area contributed by atoms with Gasteiger partial charge in [-0.05, 0) is 37.3 Å². The first-order valence-corrected chi connectivity index (χ1v) is 10.5. The molecule has 1 saturated heterocycles. The van der Waals surface area contributed by atoms with E-state index in [0.717, 1.165) is 24.1 Å². The van der Waals surface area contributed by atoms with E-state index in [1.165, 1.54) is 20.7 Å². The predicted molar refractivity (Wildman–Crippen MR) is 105 cm³/mol. The molecule has 0 bridgehead atoms. The average Bonchev–Trinajstić information content (AvgIpc) is 2.68. The van der Waals surface area contributed by atoms with Crippen LogP contribution in [0.15, 0.2) is 36.7 Å². The third-order valence-corrected chi connectivity index (χ3v) is 6.79. The van der Waals surface area contributed by atoms with Crippen molar-refractivity contribution in [2.45, 2.75) is 19.3 Å². The third-order valence-electron chi connectivity index (χ3n) is 4.88. The Labute approximate surface area is 165 Å². The number of piperidine rings is 1. The van der Waals surface area contributed by atoms with Crippen LogP contribution in [0.3, 0.4) is 0 Å². The summed E-state index contributed by atoms with van der Waals surface area (Å²) in [6.45, 7) is 1.01. The quantitative estimate of drug-likeness (QED) is 0.789. The van der Waals surface area contributed by atoms with Gasteiger partial charge in [0.1, 0.15) is 0 Å². The van der Waals surface area contributed by atoms with Gasteiger partial charge in [0.2, 0.25) is 0 Å². The second-order valence-electron chi connectivity index (χ2n) is 7.14. The summed E-state index contributed by atoms with van der Waals surface area (Å²) in [7, 11) is -0.314. The van der Waals surface area contributed by atoms with Crippen molar-refractivity contribution in [2.24, 2.45) is 5.92 Å². The number of nitrogens with zero attached hydrogens (tertiary/aromatic N) is 4. The highest BCUT2D eigenvalue weighted by molar-refractivity contribution is 7.86. The zero-order valence-electron chi connectivity index (χ0n) is 15.9. The van der Waals surface area contributed by atoms with E-state index < -0.39 is 16.2 Å². The molecule has 1 atom stereocenters. The van der Waals surface area contributed by atoms with Crippen molar-refractivity contribution in [2.75, 3.05) is 27.2 Å². The second kappa shape index (κ2) is 8.34. The van der Waals surface area contributed by atoms with Crippen molar-refractivity contribution in [1.82, 2.24) is 18.6 Å². The number of carboxylic acids is 1. The molecule has 1 aliphatic heterocycles. The molecule has 0 amide bonds. The van der Waals surface area contributed by atoms with Crippen molar-refractivity contribution in [3.63, 3.8) is 0 Å². The highest BCUT2D eigenvalue weighted by atomic mass is 32.2. The van der Waals surface area contributed by atoms with Crippen molar-refractivity contribution in [3.05, 3.63) is 47.9 Å². The Balaban J connectivity index is 1.73. The number of carbonyl (C=O) groups is 1. The maximum Gasteiger partial charge on any atom is 0.335 e. The van der Waals surface area contributed by atoms with E-state index in [-0.39, 0.29) is 11.5 Å². The van der Waals surface area contributed by atoms with Gasteiger partial charge in [-0.1, -0.05) is 12.1 Å². The summed E-state index contributed by atoms with van der Waals surface area (Å²) in [5, 5.41) is 9.01. The van der Waals surface area contributed by atoms with Gasteiger partial charge in [-0.3, -0.25) is 4.98 Å². The van der Waals surface area contributed by atoms with Crippen molar-refractivity contribution < 1.29 is 18.3 Å². The summed E-state index contributed by atoms with van der Waals surface area (Å²) >= 11 is 0. The van der Waals surface area contributed by atoms with Crippen LogP contribution in [0.25, 0.3) is 11.3 Å². The van der Waals surface area contributed by atoms with E-state index in [0.29, 0.717) is 25.2 Å². The molecule has 0 spiro atoms. The van der Waals surface area contributed by atoms with E-state index in [1.54, 1.807) is 38.6 Å². The fourth-order valence-corrected chi connectivity index (χ4v) is 4.58. The SMILES string of the molecule is CN(C)S(=O)(=O)N1CCCC(Cc2cncc(-c3ccc(C(=O)O)cc3)n2)C1. The number of hydrogen-bond acceptors (Lipinski definition) is 5. The predicted octanol–water partition coefficient (Wildman–Crippen LogP) is 1.90. The first kappa shape index (κ1) is 20.4. The lowest BCUT2D eigenvalue weighted by Gasteiger charge is -2.33. The number of benzene rings is 1. The molecule has 9 heteroatoms. The number of carboxylic acid groups (broad SMARTS) is 1. The average molecular weight is 404 g/mol. The van der Waals surface area contributed by atoms with Crippen LogP contribution in [0.4, 0.5) is 0 Å². The van der Waals surface area contributed by atoms with Gasteiger partial charge in [-0.2, -0.15) is 17.0 Å². The topological polar surface area (TPSA) is 104 Å². The number of aromatic carboxylic acids is 1. The molecular weight excluding hydrogens is 380 g/mol. The summed E-state index contributed by atoms with van der Waals surface area (Å²) in [6.07, 6.45) is 5.76. The molecule has 28 heavy (non-hydrogen) atoms. The lowest BCUT2D eigenvalue weighted by Crippen LogP contribution is -2.45. The molecule has 150 valence electrons. The summed E-state index contributed by atoms with van der Waals surface area (Å²) in [6, 6.07) is 6.50. The summed E-state index contributed by atoms with van der Waals surface area (Å²) in [4.78, 5) is 19.9. The molecule has 2 aromatic rings. The van der Waals surface area contributed by atoms with E-state index in [2.05, 4.69) is 9.97 Å². The Morgan fingerprint density at radius 1 is 1.25 bits per heavy atom. The van der Waals surface area contributed by atoms with Crippen molar-refractivity contribution in [1.29, 1.82) is 0 Å². The minimum absolute atomic E-state index is 0.183. The summed E-state index contributed by atoms with van der Waals surface area (Å²) < 4.78 is 27.5. The van der Waals surface area contributed by atoms with Crippen LogP contribution in [-0.2, 0) is 16.6 Å². The minimum Gasteiger partial charge on any atom is -0.478 e. The number of hydrogen-bond donors (Lipinski definition) is 1. The third kappa shape index (κ3) is 4.54. The van der Waals surface area contributed by atoms with E-state index in [4.69, 9.17) is 5.11 Å². The Morgan fingerprint density at radius 3 is 2.61 bits per heavy atom. The maximum atomic E-state index is 12.4. The smallest absolute Gasteiger partial charge is 0.335 e. The zero-order valence-corrected chi connectivity index (χ0v) is 16.8. The Kier molecular flexibility index (Phi) is 6.07. The van der Waals surface area contributed by atoms with Crippen LogP contribution in [0.5, 0.6) is 0 Å². The van der Waals surface area contributed by atoms with Gasteiger partial charge in [-0.15, -0.1) is 0 Å². The molecule has 8 nitrogen and oxygen atoms in total. The van der Waals surface area contributed by atoms with Crippen molar-refractivity contribution in [3.8, 4) is 11.3 Å². The first-order valence-electron chi connectivity index (χ1n) is 9.09. The maximum absolute atomic E-state index is 12.4. The number of aromatic nitrogens is 2. The van der Waals surface area contributed by atoms with Gasteiger partial charge in [-0.25, -0.2) is 9.78 Å². The molecular formula is C19H24N4O4S. The minimum atomic E-state index is -3.40. The lowest BCUT2D eigenvalue weighted by molar-refractivity contribution is 0.0697.